The zero-order valence-electron chi connectivity index (χ0n) is 11.8. The van der Waals surface area contributed by atoms with Crippen molar-refractivity contribution in [1.82, 2.24) is 14.7 Å². The Kier molecular flexibility index (Phi) is 3.60. The smallest absolute Gasteiger partial charge is 0.194 e. The normalized spacial score (nSPS) is 22.9. The van der Waals surface area contributed by atoms with E-state index < -0.39 is 0 Å². The minimum atomic E-state index is 0.470. The van der Waals surface area contributed by atoms with E-state index >= 15 is 0 Å². The van der Waals surface area contributed by atoms with Gasteiger partial charge < -0.3 is 10.1 Å². The number of hydrogen-bond donors (Lipinski definition) is 1. The first-order valence-corrected chi connectivity index (χ1v) is 7.78. The van der Waals surface area contributed by atoms with Gasteiger partial charge in [-0.1, -0.05) is 0 Å². The molecule has 2 aromatic heterocycles. The van der Waals surface area contributed by atoms with E-state index in [0.29, 0.717) is 12.1 Å². The Morgan fingerprint density at radius 1 is 1.47 bits per heavy atom. The average Bonchev–Trinajstić information content (AvgIpc) is 2.78. The van der Waals surface area contributed by atoms with E-state index in [-0.39, 0.29) is 0 Å². The molecule has 0 aromatic carbocycles. The minimum Gasteiger partial charge on any atom is -0.378 e. The lowest BCUT2D eigenvalue weighted by molar-refractivity contribution is -0.0103. The van der Waals surface area contributed by atoms with Gasteiger partial charge in [-0.25, -0.2) is 4.98 Å². The van der Waals surface area contributed by atoms with Crippen LogP contribution in [0, 0.1) is 13.8 Å². The van der Waals surface area contributed by atoms with Gasteiger partial charge in [0.05, 0.1) is 17.5 Å². The molecule has 0 aliphatic heterocycles. The fourth-order valence-electron chi connectivity index (χ4n) is 2.67. The highest BCUT2D eigenvalue weighted by molar-refractivity contribution is 7.17. The number of imidazole rings is 1. The molecule has 0 radical (unpaired) electrons. The quantitative estimate of drug-likeness (QED) is 0.914. The van der Waals surface area contributed by atoms with E-state index in [9.17, 15) is 0 Å². The van der Waals surface area contributed by atoms with Gasteiger partial charge in [0.1, 0.15) is 0 Å². The highest BCUT2D eigenvalue weighted by Gasteiger charge is 2.29. The van der Waals surface area contributed by atoms with Gasteiger partial charge >= 0.3 is 0 Å². The van der Waals surface area contributed by atoms with Crippen LogP contribution in [0.1, 0.15) is 36.0 Å². The molecule has 2 heterocycles. The summed E-state index contributed by atoms with van der Waals surface area (Å²) in [6.45, 7) is 8.01. The molecule has 0 spiro atoms. The molecule has 1 N–H and O–H groups in total. The van der Waals surface area contributed by atoms with Crippen molar-refractivity contribution >= 4 is 16.3 Å². The molecule has 1 aliphatic rings. The van der Waals surface area contributed by atoms with E-state index in [1.165, 1.54) is 10.6 Å². The van der Waals surface area contributed by atoms with Crippen LogP contribution in [0.2, 0.25) is 0 Å². The number of hydrogen-bond acceptors (Lipinski definition) is 4. The number of aromatic nitrogens is 2. The first-order valence-electron chi connectivity index (χ1n) is 6.96. The van der Waals surface area contributed by atoms with Gasteiger partial charge in [-0.15, -0.1) is 11.3 Å². The van der Waals surface area contributed by atoms with Crippen LogP contribution in [0.3, 0.4) is 0 Å². The maximum Gasteiger partial charge on any atom is 0.194 e. The second kappa shape index (κ2) is 5.23. The van der Waals surface area contributed by atoms with Crippen molar-refractivity contribution in [3.8, 4) is 0 Å². The number of ether oxygens (including phenoxy) is 1. The van der Waals surface area contributed by atoms with Crippen LogP contribution in [0.15, 0.2) is 6.20 Å². The fraction of sp³-hybridized carbons (Fsp3) is 0.643. The molecule has 2 aromatic rings. The number of nitrogens with one attached hydrogen (secondary N) is 1. The molecule has 0 unspecified atom stereocenters. The van der Waals surface area contributed by atoms with Gasteiger partial charge in [0.2, 0.25) is 0 Å². The van der Waals surface area contributed by atoms with Crippen molar-refractivity contribution < 1.29 is 4.74 Å². The molecule has 0 bridgehead atoms. The first kappa shape index (κ1) is 13.1. The van der Waals surface area contributed by atoms with Crippen molar-refractivity contribution in [2.75, 3.05) is 6.61 Å². The molecule has 1 fully saturated rings. The summed E-state index contributed by atoms with van der Waals surface area (Å²) < 4.78 is 7.81. The fourth-order valence-corrected chi connectivity index (χ4v) is 3.56. The zero-order chi connectivity index (χ0) is 13.4. The Morgan fingerprint density at radius 3 is 3.00 bits per heavy atom. The van der Waals surface area contributed by atoms with Crippen LogP contribution in [-0.2, 0) is 11.3 Å². The topological polar surface area (TPSA) is 38.6 Å². The van der Waals surface area contributed by atoms with Crippen LogP contribution >= 0.6 is 11.3 Å². The summed E-state index contributed by atoms with van der Waals surface area (Å²) in [4.78, 5) is 7.03. The third-order valence-corrected chi connectivity index (χ3v) is 4.69. The van der Waals surface area contributed by atoms with E-state index in [2.05, 4.69) is 41.7 Å². The number of thiazole rings is 1. The first-order chi connectivity index (χ1) is 9.17. The van der Waals surface area contributed by atoms with E-state index in [1.807, 2.05) is 0 Å². The molecule has 3 rings (SSSR count). The molecule has 0 amide bonds. The Morgan fingerprint density at radius 2 is 2.26 bits per heavy atom. The van der Waals surface area contributed by atoms with E-state index in [4.69, 9.17) is 4.74 Å². The minimum absolute atomic E-state index is 0.470. The second-order valence-corrected chi connectivity index (χ2v) is 6.48. The molecule has 0 atom stereocenters. The molecule has 1 saturated carbocycles. The number of fused-ring (bicyclic) bond motifs is 1. The summed E-state index contributed by atoms with van der Waals surface area (Å²) in [5, 5.41) is 3.62. The summed E-state index contributed by atoms with van der Waals surface area (Å²) in [6, 6.07) is 0.598. The predicted molar refractivity (Wildman–Crippen MR) is 77.8 cm³/mol. The Balaban J connectivity index is 1.61. The van der Waals surface area contributed by atoms with E-state index in [0.717, 1.165) is 36.6 Å². The highest BCUT2D eigenvalue weighted by atomic mass is 32.1. The lowest BCUT2D eigenvalue weighted by Crippen LogP contribution is -2.45. The lowest BCUT2D eigenvalue weighted by atomic mass is 9.89. The molecule has 1 aliphatic carbocycles. The van der Waals surface area contributed by atoms with Crippen molar-refractivity contribution in [3.63, 3.8) is 0 Å². The van der Waals surface area contributed by atoms with Crippen LogP contribution in [0.5, 0.6) is 0 Å². The van der Waals surface area contributed by atoms with E-state index in [1.54, 1.807) is 11.3 Å². The number of nitrogens with zero attached hydrogens (tertiary/aromatic N) is 2. The monoisotopic (exact) mass is 279 g/mol. The van der Waals surface area contributed by atoms with Gasteiger partial charge in [0, 0.05) is 30.3 Å². The Labute approximate surface area is 117 Å². The molecule has 104 valence electrons. The van der Waals surface area contributed by atoms with Gasteiger partial charge in [0.25, 0.3) is 0 Å². The largest absolute Gasteiger partial charge is 0.378 e. The van der Waals surface area contributed by atoms with Gasteiger partial charge in [-0.05, 0) is 33.6 Å². The zero-order valence-corrected chi connectivity index (χ0v) is 12.6. The lowest BCUT2D eigenvalue weighted by Gasteiger charge is -2.35. The van der Waals surface area contributed by atoms with Crippen molar-refractivity contribution in [2.24, 2.45) is 0 Å². The highest BCUT2D eigenvalue weighted by Crippen LogP contribution is 2.25. The SMILES string of the molecule is CCOC1CC(NCc2c(C)nc3sc(C)cn23)C1. The molecule has 4 nitrogen and oxygen atoms in total. The van der Waals surface area contributed by atoms with Crippen LogP contribution in [0.4, 0.5) is 0 Å². The molecule has 0 saturated heterocycles. The average molecular weight is 279 g/mol. The molecule has 5 heteroatoms. The predicted octanol–water partition coefficient (Wildman–Crippen LogP) is 2.67. The maximum atomic E-state index is 5.59. The summed E-state index contributed by atoms with van der Waals surface area (Å²) in [7, 11) is 0. The van der Waals surface area contributed by atoms with Crippen molar-refractivity contribution in [3.05, 3.63) is 22.5 Å². The third-order valence-electron chi connectivity index (χ3n) is 3.80. The molecular weight excluding hydrogens is 258 g/mol. The summed E-state index contributed by atoms with van der Waals surface area (Å²) in [5.74, 6) is 0. The van der Waals surface area contributed by atoms with Crippen molar-refractivity contribution in [2.45, 2.75) is 52.3 Å². The summed E-state index contributed by atoms with van der Waals surface area (Å²) >= 11 is 1.75. The van der Waals surface area contributed by atoms with Crippen LogP contribution < -0.4 is 5.32 Å². The molecular formula is C14H21N3OS. The van der Waals surface area contributed by atoms with Crippen molar-refractivity contribution in [1.29, 1.82) is 0 Å². The standard InChI is InChI=1S/C14H21N3OS/c1-4-18-12-5-11(6-12)15-7-13-10(3)16-14-17(13)8-9(2)19-14/h8,11-12,15H,4-7H2,1-3H3. The van der Waals surface area contributed by atoms with Gasteiger partial charge in [0.15, 0.2) is 4.96 Å². The Bertz CT molecular complexity index is 569. The molecule has 19 heavy (non-hydrogen) atoms. The Hall–Kier alpha value is -0.910. The third kappa shape index (κ3) is 2.55. The summed E-state index contributed by atoms with van der Waals surface area (Å²) in [5.41, 5.74) is 2.43. The second-order valence-electron chi connectivity index (χ2n) is 5.26. The van der Waals surface area contributed by atoms with Gasteiger partial charge in [-0.2, -0.15) is 0 Å². The van der Waals surface area contributed by atoms with Gasteiger partial charge in [-0.3, -0.25) is 4.40 Å². The maximum absolute atomic E-state index is 5.59. The van der Waals surface area contributed by atoms with Crippen LogP contribution in [-0.4, -0.2) is 28.1 Å². The summed E-state index contributed by atoms with van der Waals surface area (Å²) in [6.07, 6.45) is 4.92. The number of aryl methyl sites for hydroxylation is 2. The van der Waals surface area contributed by atoms with Crippen LogP contribution in [0.25, 0.3) is 4.96 Å². The number of rotatable bonds is 5.